The van der Waals surface area contributed by atoms with E-state index in [9.17, 15) is 4.79 Å². The Morgan fingerprint density at radius 2 is 2.00 bits per heavy atom. The molecule has 0 radical (unpaired) electrons. The topological polar surface area (TPSA) is 67.9 Å². The first kappa shape index (κ1) is 17.0. The molecule has 0 aliphatic carbocycles. The number of aromatic nitrogens is 3. The molecule has 0 atom stereocenters. The zero-order valence-corrected chi connectivity index (χ0v) is 14.5. The predicted octanol–water partition coefficient (Wildman–Crippen LogP) is 4.05. The summed E-state index contributed by atoms with van der Waals surface area (Å²) in [7, 11) is 1.38. The minimum atomic E-state index is -0.335. The van der Waals surface area contributed by atoms with E-state index in [0.29, 0.717) is 22.3 Å². The minimum Gasteiger partial charge on any atom is -0.465 e. The van der Waals surface area contributed by atoms with Crippen molar-refractivity contribution in [3.8, 4) is 0 Å². The van der Waals surface area contributed by atoms with E-state index < -0.39 is 0 Å². The van der Waals surface area contributed by atoms with E-state index in [-0.39, 0.29) is 5.97 Å². The maximum atomic E-state index is 11.6. The van der Waals surface area contributed by atoms with E-state index in [1.165, 1.54) is 18.9 Å². The number of carbonyl (C=O) groups excluding carboxylic acids is 1. The Balaban J connectivity index is 1.60. The molecule has 1 heterocycles. The highest BCUT2D eigenvalue weighted by Crippen LogP contribution is 2.20. The van der Waals surface area contributed by atoms with Crippen LogP contribution in [0.1, 0.15) is 27.3 Å². The standard InChI is InChI=1S/C19H17N3O2S/c1-24-18(23)16-9-5-8-15(12-16)13-25-19-20-17(21-22-19)11-10-14-6-3-2-4-7-14/h2-12H,13H2,1H3,(H,20,21,22)/b11-10+. The van der Waals surface area contributed by atoms with Crippen LogP contribution in [-0.2, 0) is 10.5 Å². The summed E-state index contributed by atoms with van der Waals surface area (Å²) in [5.74, 6) is 1.04. The summed E-state index contributed by atoms with van der Waals surface area (Å²) < 4.78 is 4.74. The maximum Gasteiger partial charge on any atom is 0.337 e. The van der Waals surface area contributed by atoms with Gasteiger partial charge in [0.1, 0.15) is 5.82 Å². The van der Waals surface area contributed by atoms with E-state index in [4.69, 9.17) is 4.74 Å². The van der Waals surface area contributed by atoms with Crippen molar-refractivity contribution in [2.24, 2.45) is 0 Å². The van der Waals surface area contributed by atoms with Crippen molar-refractivity contribution in [1.82, 2.24) is 15.2 Å². The summed E-state index contributed by atoms with van der Waals surface area (Å²) in [6.45, 7) is 0. The molecular formula is C19H17N3O2S. The predicted molar refractivity (Wildman–Crippen MR) is 99.1 cm³/mol. The van der Waals surface area contributed by atoms with Gasteiger partial charge in [0.15, 0.2) is 0 Å². The average Bonchev–Trinajstić information content (AvgIpc) is 3.13. The highest BCUT2D eigenvalue weighted by atomic mass is 32.2. The van der Waals surface area contributed by atoms with Gasteiger partial charge in [-0.2, -0.15) is 0 Å². The van der Waals surface area contributed by atoms with Gasteiger partial charge in [-0.05, 0) is 29.3 Å². The zero-order valence-electron chi connectivity index (χ0n) is 13.7. The van der Waals surface area contributed by atoms with Gasteiger partial charge >= 0.3 is 5.97 Å². The Morgan fingerprint density at radius 3 is 2.80 bits per heavy atom. The highest BCUT2D eigenvalue weighted by Gasteiger charge is 2.07. The van der Waals surface area contributed by atoms with Gasteiger partial charge < -0.3 is 4.74 Å². The second-order valence-corrected chi connectivity index (χ2v) is 6.17. The molecule has 0 aliphatic rings. The number of nitrogens with zero attached hydrogens (tertiary/aromatic N) is 2. The molecule has 0 amide bonds. The fourth-order valence-electron chi connectivity index (χ4n) is 2.19. The molecule has 2 aromatic carbocycles. The molecule has 0 aliphatic heterocycles. The van der Waals surface area contributed by atoms with Crippen molar-refractivity contribution in [2.75, 3.05) is 7.11 Å². The van der Waals surface area contributed by atoms with Crippen LogP contribution in [0.15, 0.2) is 59.8 Å². The lowest BCUT2D eigenvalue weighted by Crippen LogP contribution is -2.01. The van der Waals surface area contributed by atoms with Gasteiger partial charge in [-0.25, -0.2) is 9.78 Å². The Kier molecular flexibility index (Phi) is 5.64. The summed E-state index contributed by atoms with van der Waals surface area (Å²) in [5, 5.41) is 7.77. The monoisotopic (exact) mass is 351 g/mol. The van der Waals surface area contributed by atoms with E-state index >= 15 is 0 Å². The van der Waals surface area contributed by atoms with E-state index in [1.807, 2.05) is 60.7 Å². The third-order valence-corrected chi connectivity index (χ3v) is 4.35. The number of ether oxygens (including phenoxy) is 1. The van der Waals surface area contributed by atoms with Crippen LogP contribution in [0.25, 0.3) is 12.2 Å². The summed E-state index contributed by atoms with van der Waals surface area (Å²) in [5.41, 5.74) is 2.66. The van der Waals surface area contributed by atoms with Crippen LogP contribution in [0.4, 0.5) is 0 Å². The molecule has 0 saturated carbocycles. The van der Waals surface area contributed by atoms with Crippen LogP contribution in [0.3, 0.4) is 0 Å². The summed E-state index contributed by atoms with van der Waals surface area (Å²) >= 11 is 1.50. The molecule has 0 bridgehead atoms. The minimum absolute atomic E-state index is 0.335. The van der Waals surface area contributed by atoms with Gasteiger partial charge in [0.05, 0.1) is 12.7 Å². The second kappa shape index (κ2) is 8.30. The van der Waals surface area contributed by atoms with E-state index in [2.05, 4.69) is 15.2 Å². The maximum absolute atomic E-state index is 11.6. The highest BCUT2D eigenvalue weighted by molar-refractivity contribution is 7.98. The summed E-state index contributed by atoms with van der Waals surface area (Å²) in [4.78, 5) is 16.0. The third-order valence-electron chi connectivity index (χ3n) is 3.43. The van der Waals surface area contributed by atoms with Crippen LogP contribution in [-0.4, -0.2) is 28.3 Å². The van der Waals surface area contributed by atoms with Crippen molar-refractivity contribution < 1.29 is 9.53 Å². The van der Waals surface area contributed by atoms with Gasteiger partial charge in [0.25, 0.3) is 0 Å². The first-order valence-corrected chi connectivity index (χ1v) is 8.69. The Labute approximate surface area is 150 Å². The van der Waals surface area contributed by atoms with Crippen molar-refractivity contribution in [2.45, 2.75) is 10.9 Å². The number of hydrogen-bond acceptors (Lipinski definition) is 5. The lowest BCUT2D eigenvalue weighted by Gasteiger charge is -2.02. The van der Waals surface area contributed by atoms with Crippen LogP contribution < -0.4 is 0 Å². The number of H-pyrrole nitrogens is 1. The number of hydrogen-bond donors (Lipinski definition) is 1. The zero-order chi connectivity index (χ0) is 17.5. The van der Waals surface area contributed by atoms with Gasteiger partial charge in [-0.15, -0.1) is 5.10 Å². The van der Waals surface area contributed by atoms with Gasteiger partial charge in [-0.3, -0.25) is 5.10 Å². The van der Waals surface area contributed by atoms with E-state index in [0.717, 1.165) is 11.1 Å². The number of nitrogens with one attached hydrogen (secondary N) is 1. The molecule has 126 valence electrons. The molecular weight excluding hydrogens is 334 g/mol. The molecule has 3 aromatic rings. The Morgan fingerprint density at radius 1 is 1.16 bits per heavy atom. The molecule has 25 heavy (non-hydrogen) atoms. The first-order chi connectivity index (χ1) is 12.2. The summed E-state index contributed by atoms with van der Waals surface area (Å²) in [6.07, 6.45) is 3.87. The first-order valence-electron chi connectivity index (χ1n) is 7.70. The van der Waals surface area contributed by atoms with Crippen molar-refractivity contribution in [1.29, 1.82) is 0 Å². The van der Waals surface area contributed by atoms with Crippen LogP contribution in [0.5, 0.6) is 0 Å². The molecule has 0 unspecified atom stereocenters. The van der Waals surface area contributed by atoms with Crippen molar-refractivity contribution in [3.05, 3.63) is 77.1 Å². The van der Waals surface area contributed by atoms with Crippen molar-refractivity contribution >= 4 is 29.9 Å². The number of esters is 1. The summed E-state index contributed by atoms with van der Waals surface area (Å²) in [6, 6.07) is 17.4. The number of methoxy groups -OCH3 is 1. The second-order valence-electron chi connectivity index (χ2n) is 5.23. The molecule has 0 spiro atoms. The molecule has 6 heteroatoms. The lowest BCUT2D eigenvalue weighted by atomic mass is 10.1. The van der Waals surface area contributed by atoms with Gasteiger partial charge in [-0.1, -0.05) is 60.3 Å². The molecule has 3 rings (SSSR count). The van der Waals surface area contributed by atoms with Crippen molar-refractivity contribution in [3.63, 3.8) is 0 Å². The third kappa shape index (κ3) is 4.81. The number of aromatic amines is 1. The molecule has 0 fully saturated rings. The van der Waals surface area contributed by atoms with Crippen LogP contribution in [0, 0.1) is 0 Å². The molecule has 1 N–H and O–H groups in total. The smallest absolute Gasteiger partial charge is 0.337 e. The quantitative estimate of drug-likeness (QED) is 0.536. The van der Waals surface area contributed by atoms with Crippen LogP contribution >= 0.6 is 11.8 Å². The normalized spacial score (nSPS) is 10.9. The largest absolute Gasteiger partial charge is 0.465 e. The Hall–Kier alpha value is -2.86. The van der Waals surface area contributed by atoms with Gasteiger partial charge in [0.2, 0.25) is 5.16 Å². The van der Waals surface area contributed by atoms with Crippen LogP contribution in [0.2, 0.25) is 0 Å². The number of thioether (sulfide) groups is 1. The molecule has 0 saturated heterocycles. The fourth-order valence-corrected chi connectivity index (χ4v) is 2.94. The molecule has 5 nitrogen and oxygen atoms in total. The number of carbonyl (C=O) groups is 1. The number of rotatable bonds is 6. The number of benzene rings is 2. The Bertz CT molecular complexity index is 875. The lowest BCUT2D eigenvalue weighted by molar-refractivity contribution is 0.0600. The van der Waals surface area contributed by atoms with Gasteiger partial charge in [0, 0.05) is 5.75 Å². The van der Waals surface area contributed by atoms with E-state index in [1.54, 1.807) is 6.07 Å². The SMILES string of the molecule is COC(=O)c1cccc(CSc2n[nH]c(/C=C/c3ccccc3)n2)c1. The average molecular weight is 351 g/mol. The molecule has 1 aromatic heterocycles. The fraction of sp³-hybridized carbons (Fsp3) is 0.105.